The Balaban J connectivity index is 3.04. The molecular weight excluding hydrogens is 314 g/mol. The summed E-state index contributed by atoms with van der Waals surface area (Å²) in [6.45, 7) is 1.79. The fourth-order valence-corrected chi connectivity index (χ4v) is 2.11. The summed E-state index contributed by atoms with van der Waals surface area (Å²) in [7, 11) is 1.18. The van der Waals surface area contributed by atoms with Gasteiger partial charge in [0.2, 0.25) is 0 Å². The van der Waals surface area contributed by atoms with E-state index in [1.54, 1.807) is 6.92 Å². The Morgan fingerprint density at radius 2 is 2.00 bits per heavy atom. The van der Waals surface area contributed by atoms with E-state index in [1.165, 1.54) is 19.2 Å². The lowest BCUT2D eigenvalue weighted by Crippen LogP contribution is -2.24. The van der Waals surface area contributed by atoms with Gasteiger partial charge >= 0.3 is 11.9 Å². The number of benzene rings is 1. The normalized spacial score (nSPS) is 13.3. The lowest BCUT2D eigenvalue weighted by atomic mass is 9.99. The molecule has 0 radical (unpaired) electrons. The molecule has 0 amide bonds. The highest BCUT2D eigenvalue weighted by Crippen LogP contribution is 2.31. The SMILES string of the molecule is CCOC(=O)CC(O)C(O)c1cc(C(=O)OC)c(N)cc1Cl. The van der Waals surface area contributed by atoms with Crippen LogP contribution in [-0.2, 0) is 14.3 Å². The van der Waals surface area contributed by atoms with Crippen molar-refractivity contribution in [2.75, 3.05) is 19.5 Å². The molecule has 0 aliphatic carbocycles. The van der Waals surface area contributed by atoms with Gasteiger partial charge in [-0.25, -0.2) is 4.79 Å². The van der Waals surface area contributed by atoms with Gasteiger partial charge in [0, 0.05) is 16.3 Å². The van der Waals surface area contributed by atoms with E-state index in [4.69, 9.17) is 22.1 Å². The highest BCUT2D eigenvalue weighted by Gasteiger charge is 2.26. The van der Waals surface area contributed by atoms with Gasteiger partial charge in [-0.1, -0.05) is 11.6 Å². The van der Waals surface area contributed by atoms with Gasteiger partial charge in [-0.2, -0.15) is 0 Å². The van der Waals surface area contributed by atoms with Crippen molar-refractivity contribution in [3.8, 4) is 0 Å². The monoisotopic (exact) mass is 331 g/mol. The van der Waals surface area contributed by atoms with Crippen LogP contribution < -0.4 is 5.73 Å². The van der Waals surface area contributed by atoms with Crippen molar-refractivity contribution >= 4 is 29.2 Å². The van der Waals surface area contributed by atoms with Crippen LogP contribution in [0.4, 0.5) is 5.69 Å². The van der Waals surface area contributed by atoms with E-state index < -0.39 is 30.6 Å². The highest BCUT2D eigenvalue weighted by molar-refractivity contribution is 6.32. The minimum Gasteiger partial charge on any atom is -0.466 e. The first-order chi connectivity index (χ1) is 10.3. The molecule has 0 fully saturated rings. The number of aliphatic hydroxyl groups is 2. The number of ether oxygens (including phenoxy) is 2. The number of nitrogens with two attached hydrogens (primary N) is 1. The van der Waals surface area contributed by atoms with E-state index in [0.29, 0.717) is 0 Å². The second-order valence-corrected chi connectivity index (χ2v) is 4.88. The van der Waals surface area contributed by atoms with Crippen LogP contribution in [0.15, 0.2) is 12.1 Å². The topological polar surface area (TPSA) is 119 Å². The van der Waals surface area contributed by atoms with Gasteiger partial charge < -0.3 is 25.4 Å². The summed E-state index contributed by atoms with van der Waals surface area (Å²) >= 11 is 5.97. The Morgan fingerprint density at radius 1 is 1.36 bits per heavy atom. The molecule has 2 atom stereocenters. The molecular formula is C14H18ClNO6. The Labute approximate surface area is 132 Å². The van der Waals surface area contributed by atoms with Gasteiger partial charge in [0.1, 0.15) is 6.10 Å². The van der Waals surface area contributed by atoms with Crippen molar-refractivity contribution in [1.29, 1.82) is 0 Å². The van der Waals surface area contributed by atoms with Gasteiger partial charge in [-0.15, -0.1) is 0 Å². The van der Waals surface area contributed by atoms with Gasteiger partial charge in [-0.05, 0) is 19.1 Å². The summed E-state index contributed by atoms with van der Waals surface area (Å²) < 4.78 is 9.26. The first-order valence-corrected chi connectivity index (χ1v) is 6.88. The molecule has 0 aliphatic heterocycles. The Morgan fingerprint density at radius 3 is 2.55 bits per heavy atom. The molecule has 0 aliphatic rings. The summed E-state index contributed by atoms with van der Waals surface area (Å²) in [5.74, 6) is -1.36. The Bertz CT molecular complexity index is 563. The lowest BCUT2D eigenvalue weighted by molar-refractivity contribution is -0.147. The number of hydrogen-bond acceptors (Lipinski definition) is 7. The second-order valence-electron chi connectivity index (χ2n) is 4.47. The van der Waals surface area contributed by atoms with Gasteiger partial charge in [0.25, 0.3) is 0 Å². The van der Waals surface area contributed by atoms with Crippen molar-refractivity contribution in [3.63, 3.8) is 0 Å². The van der Waals surface area contributed by atoms with E-state index >= 15 is 0 Å². The zero-order valence-corrected chi connectivity index (χ0v) is 13.0. The summed E-state index contributed by atoms with van der Waals surface area (Å²) in [5.41, 5.74) is 5.80. The minimum absolute atomic E-state index is 0.00397. The van der Waals surface area contributed by atoms with Crippen molar-refractivity contribution in [3.05, 3.63) is 28.3 Å². The number of nitrogen functional groups attached to an aromatic ring is 1. The molecule has 0 aromatic heterocycles. The smallest absolute Gasteiger partial charge is 0.339 e. The molecule has 0 saturated heterocycles. The molecule has 122 valence electrons. The van der Waals surface area contributed by atoms with Crippen LogP contribution >= 0.6 is 11.6 Å². The fourth-order valence-electron chi connectivity index (χ4n) is 1.83. The predicted octanol–water partition coefficient (Wildman–Crippen LogP) is 1.06. The zero-order valence-electron chi connectivity index (χ0n) is 12.2. The van der Waals surface area contributed by atoms with Crippen molar-refractivity contribution in [1.82, 2.24) is 0 Å². The number of anilines is 1. The van der Waals surface area contributed by atoms with Gasteiger partial charge in [-0.3, -0.25) is 4.79 Å². The molecule has 22 heavy (non-hydrogen) atoms. The molecule has 1 aromatic rings. The number of hydrogen-bond donors (Lipinski definition) is 3. The maximum Gasteiger partial charge on any atom is 0.339 e. The van der Waals surface area contributed by atoms with Crippen LogP contribution in [0.25, 0.3) is 0 Å². The van der Waals surface area contributed by atoms with E-state index in [9.17, 15) is 19.8 Å². The number of carbonyl (C=O) groups excluding carboxylic acids is 2. The number of carbonyl (C=O) groups is 2. The third-order valence-electron chi connectivity index (χ3n) is 2.94. The standard InChI is InChI=1S/C14H18ClNO6/c1-3-22-12(18)6-11(17)13(19)7-4-8(14(20)21-2)10(16)5-9(7)15/h4-5,11,13,17,19H,3,6,16H2,1-2H3. The predicted molar refractivity (Wildman–Crippen MR) is 79.4 cm³/mol. The molecule has 1 aromatic carbocycles. The van der Waals surface area contributed by atoms with Gasteiger partial charge in [0.05, 0.1) is 31.8 Å². The van der Waals surface area contributed by atoms with Crippen LogP contribution in [0.5, 0.6) is 0 Å². The molecule has 7 nitrogen and oxygen atoms in total. The molecule has 8 heteroatoms. The summed E-state index contributed by atoms with van der Waals surface area (Å²) in [6, 6.07) is 2.49. The maximum absolute atomic E-state index is 11.6. The van der Waals surface area contributed by atoms with Crippen LogP contribution in [0.2, 0.25) is 5.02 Å². The van der Waals surface area contributed by atoms with E-state index in [1.807, 2.05) is 0 Å². The van der Waals surface area contributed by atoms with Crippen LogP contribution in [0.3, 0.4) is 0 Å². The average Bonchev–Trinajstić information content (AvgIpc) is 2.46. The number of rotatable bonds is 6. The number of esters is 2. The lowest BCUT2D eigenvalue weighted by Gasteiger charge is -2.19. The maximum atomic E-state index is 11.6. The first kappa shape index (κ1) is 18.2. The van der Waals surface area contributed by atoms with Crippen LogP contribution in [0, 0.1) is 0 Å². The molecule has 4 N–H and O–H groups in total. The van der Waals surface area contributed by atoms with Crippen molar-refractivity contribution in [2.45, 2.75) is 25.6 Å². The number of aliphatic hydroxyl groups excluding tert-OH is 2. The third-order valence-corrected chi connectivity index (χ3v) is 3.27. The molecule has 1 rings (SSSR count). The Hall–Kier alpha value is -1.83. The summed E-state index contributed by atoms with van der Waals surface area (Å²) in [4.78, 5) is 22.9. The van der Waals surface area contributed by atoms with Crippen molar-refractivity contribution < 1.29 is 29.3 Å². The number of methoxy groups -OCH3 is 1. The summed E-state index contributed by atoms with van der Waals surface area (Å²) in [6.07, 6.45) is -3.34. The average molecular weight is 332 g/mol. The summed E-state index contributed by atoms with van der Waals surface area (Å²) in [5, 5.41) is 20.1. The van der Waals surface area contributed by atoms with Crippen molar-refractivity contribution in [2.24, 2.45) is 0 Å². The van der Waals surface area contributed by atoms with E-state index in [0.717, 1.165) is 0 Å². The van der Waals surface area contributed by atoms with E-state index in [-0.39, 0.29) is 28.4 Å². The molecule has 0 bridgehead atoms. The van der Waals surface area contributed by atoms with Gasteiger partial charge in [0.15, 0.2) is 0 Å². The highest BCUT2D eigenvalue weighted by atomic mass is 35.5. The second kappa shape index (κ2) is 7.98. The number of halogens is 1. The fraction of sp³-hybridized carbons (Fsp3) is 0.429. The quantitative estimate of drug-likeness (QED) is 0.526. The first-order valence-electron chi connectivity index (χ1n) is 6.50. The molecule has 2 unspecified atom stereocenters. The minimum atomic E-state index is -1.49. The molecule has 0 heterocycles. The van der Waals surface area contributed by atoms with Crippen LogP contribution in [-0.4, -0.2) is 42.0 Å². The van der Waals surface area contributed by atoms with Crippen LogP contribution in [0.1, 0.15) is 35.4 Å². The Kier molecular flexibility index (Phi) is 6.61. The van der Waals surface area contributed by atoms with E-state index in [2.05, 4.69) is 4.74 Å². The zero-order chi connectivity index (χ0) is 16.9. The largest absolute Gasteiger partial charge is 0.466 e. The molecule has 0 saturated carbocycles. The molecule has 0 spiro atoms. The third kappa shape index (κ3) is 4.33.